The Balaban J connectivity index is 2.63. The fraction of sp³-hybridized carbons (Fsp3) is 0.250. The van der Waals surface area contributed by atoms with Crippen molar-refractivity contribution in [3.05, 3.63) is 17.9 Å². The highest BCUT2D eigenvalue weighted by molar-refractivity contribution is 5.94. The molecule has 6 heteroatoms. The molecule has 0 aliphatic heterocycles. The molecule has 1 aromatic rings. The summed E-state index contributed by atoms with van der Waals surface area (Å²) in [5.74, 6) is -1.61. The van der Waals surface area contributed by atoms with E-state index in [4.69, 9.17) is 15.3 Å². The second-order valence-electron chi connectivity index (χ2n) is 2.74. The predicted octanol–water partition coefficient (Wildman–Crippen LogP) is 0.0647. The summed E-state index contributed by atoms with van der Waals surface area (Å²) in [6.07, 6.45) is 0. The molecule has 1 atom stereocenters. The number of nitrogens with one attached hydrogen (secondary N) is 1. The van der Waals surface area contributed by atoms with E-state index >= 15 is 0 Å². The van der Waals surface area contributed by atoms with Crippen molar-refractivity contribution >= 4 is 17.8 Å². The number of carboxylic acid groups (broad SMARTS) is 1. The van der Waals surface area contributed by atoms with Gasteiger partial charge < -0.3 is 20.6 Å². The van der Waals surface area contributed by atoms with E-state index in [9.17, 15) is 9.59 Å². The van der Waals surface area contributed by atoms with Gasteiger partial charge in [0.05, 0.1) is 0 Å². The third-order valence-corrected chi connectivity index (χ3v) is 1.57. The first-order chi connectivity index (χ1) is 6.50. The minimum Gasteiger partial charge on any atom is -0.480 e. The van der Waals surface area contributed by atoms with Crippen LogP contribution >= 0.6 is 0 Å². The molecule has 1 aromatic heterocycles. The molecule has 14 heavy (non-hydrogen) atoms. The maximum Gasteiger partial charge on any atom is 0.325 e. The summed E-state index contributed by atoms with van der Waals surface area (Å²) in [5, 5.41) is 10.7. The van der Waals surface area contributed by atoms with Crippen LogP contribution in [-0.4, -0.2) is 23.0 Å². The first kappa shape index (κ1) is 10.1. The van der Waals surface area contributed by atoms with Gasteiger partial charge in [0.25, 0.3) is 5.91 Å². The van der Waals surface area contributed by atoms with Gasteiger partial charge in [-0.25, -0.2) is 0 Å². The largest absolute Gasteiger partial charge is 0.480 e. The Bertz CT molecular complexity index is 358. The molecule has 0 bridgehead atoms. The number of carboxylic acids is 1. The summed E-state index contributed by atoms with van der Waals surface area (Å²) in [5.41, 5.74) is 5.24. The van der Waals surface area contributed by atoms with Gasteiger partial charge >= 0.3 is 5.97 Å². The Morgan fingerprint density at radius 2 is 2.21 bits per heavy atom. The van der Waals surface area contributed by atoms with Crippen molar-refractivity contribution in [3.8, 4) is 0 Å². The summed E-state index contributed by atoms with van der Waals surface area (Å²) in [6, 6.07) is 1.83. The van der Waals surface area contributed by atoms with Crippen molar-refractivity contribution in [2.24, 2.45) is 0 Å². The Morgan fingerprint density at radius 1 is 1.57 bits per heavy atom. The number of nitrogen functional groups attached to an aromatic ring is 1. The summed E-state index contributed by atoms with van der Waals surface area (Å²) in [4.78, 5) is 21.7. The predicted molar refractivity (Wildman–Crippen MR) is 47.7 cm³/mol. The Labute approximate surface area is 79.7 Å². The first-order valence-electron chi connectivity index (χ1n) is 3.89. The number of amides is 1. The standard InChI is InChI=1S/C8H10N2O4/c1-4(8(12)13)10-7(11)5-2-3-6(9)14-5/h2-4H,9H2,1H3,(H,10,11)(H,12,13). The third-order valence-electron chi connectivity index (χ3n) is 1.57. The normalized spacial score (nSPS) is 12.1. The molecular formula is C8H10N2O4. The van der Waals surface area contributed by atoms with Crippen molar-refractivity contribution in [3.63, 3.8) is 0 Å². The van der Waals surface area contributed by atoms with E-state index in [2.05, 4.69) is 5.32 Å². The second kappa shape index (κ2) is 3.82. The highest BCUT2D eigenvalue weighted by atomic mass is 16.4. The lowest BCUT2D eigenvalue weighted by Crippen LogP contribution is -2.38. The van der Waals surface area contributed by atoms with E-state index in [0.717, 1.165) is 0 Å². The van der Waals surface area contributed by atoms with Crippen LogP contribution in [-0.2, 0) is 4.79 Å². The van der Waals surface area contributed by atoms with Gasteiger partial charge in [-0.1, -0.05) is 0 Å². The van der Waals surface area contributed by atoms with Crippen molar-refractivity contribution in [1.82, 2.24) is 5.32 Å². The van der Waals surface area contributed by atoms with E-state index in [1.807, 2.05) is 0 Å². The zero-order valence-corrected chi connectivity index (χ0v) is 7.48. The van der Waals surface area contributed by atoms with E-state index in [1.54, 1.807) is 0 Å². The zero-order chi connectivity index (χ0) is 10.7. The van der Waals surface area contributed by atoms with Crippen LogP contribution in [0.2, 0.25) is 0 Å². The fourth-order valence-electron chi connectivity index (χ4n) is 0.804. The fourth-order valence-corrected chi connectivity index (χ4v) is 0.804. The number of carbonyl (C=O) groups is 2. The number of hydrogen-bond acceptors (Lipinski definition) is 4. The van der Waals surface area contributed by atoms with Gasteiger partial charge in [-0.3, -0.25) is 9.59 Å². The zero-order valence-electron chi connectivity index (χ0n) is 7.48. The third kappa shape index (κ3) is 2.25. The molecule has 6 nitrogen and oxygen atoms in total. The molecule has 4 N–H and O–H groups in total. The summed E-state index contributed by atoms with van der Waals surface area (Å²) >= 11 is 0. The van der Waals surface area contributed by atoms with Gasteiger partial charge in [-0.05, 0) is 13.0 Å². The summed E-state index contributed by atoms with van der Waals surface area (Å²) in [6.45, 7) is 1.35. The first-order valence-corrected chi connectivity index (χ1v) is 3.89. The van der Waals surface area contributed by atoms with Crippen LogP contribution in [0, 0.1) is 0 Å². The highest BCUT2D eigenvalue weighted by Gasteiger charge is 2.17. The van der Waals surface area contributed by atoms with Gasteiger partial charge in [0.1, 0.15) is 6.04 Å². The van der Waals surface area contributed by atoms with Gasteiger partial charge in [0.15, 0.2) is 11.6 Å². The molecule has 1 amide bonds. The molecule has 1 rings (SSSR count). The number of carbonyl (C=O) groups excluding carboxylic acids is 1. The van der Waals surface area contributed by atoms with Gasteiger partial charge in [-0.15, -0.1) is 0 Å². The number of anilines is 1. The maximum atomic E-state index is 11.2. The molecular weight excluding hydrogens is 188 g/mol. The maximum absolute atomic E-state index is 11.2. The monoisotopic (exact) mass is 198 g/mol. The quantitative estimate of drug-likeness (QED) is 0.637. The van der Waals surface area contributed by atoms with Crippen molar-refractivity contribution in [2.75, 3.05) is 5.73 Å². The average Bonchev–Trinajstić information content (AvgIpc) is 2.51. The Morgan fingerprint density at radius 3 is 2.64 bits per heavy atom. The van der Waals surface area contributed by atoms with Gasteiger partial charge in [0, 0.05) is 6.07 Å². The smallest absolute Gasteiger partial charge is 0.325 e. The van der Waals surface area contributed by atoms with Gasteiger partial charge in [-0.2, -0.15) is 0 Å². The Kier molecular flexibility index (Phi) is 2.76. The average molecular weight is 198 g/mol. The summed E-state index contributed by atoms with van der Waals surface area (Å²) < 4.78 is 4.80. The molecule has 0 aliphatic carbocycles. The van der Waals surface area contributed by atoms with E-state index in [0.29, 0.717) is 0 Å². The van der Waals surface area contributed by atoms with E-state index in [1.165, 1.54) is 19.1 Å². The minimum atomic E-state index is -1.11. The number of rotatable bonds is 3. The van der Waals surface area contributed by atoms with Crippen LogP contribution in [0.25, 0.3) is 0 Å². The molecule has 0 aliphatic rings. The molecule has 0 spiro atoms. The molecule has 0 radical (unpaired) electrons. The van der Waals surface area contributed by atoms with Crippen molar-refractivity contribution in [1.29, 1.82) is 0 Å². The summed E-state index contributed by atoms with van der Waals surface area (Å²) in [7, 11) is 0. The van der Waals surface area contributed by atoms with Crippen LogP contribution in [0.3, 0.4) is 0 Å². The lowest BCUT2D eigenvalue weighted by Gasteiger charge is -2.06. The number of aliphatic carboxylic acids is 1. The Hall–Kier alpha value is -1.98. The van der Waals surface area contributed by atoms with E-state index < -0.39 is 17.9 Å². The van der Waals surface area contributed by atoms with Crippen LogP contribution in [0.1, 0.15) is 17.5 Å². The van der Waals surface area contributed by atoms with Crippen molar-refractivity contribution < 1.29 is 19.1 Å². The van der Waals surface area contributed by atoms with Crippen LogP contribution in [0.5, 0.6) is 0 Å². The lowest BCUT2D eigenvalue weighted by molar-refractivity contribution is -0.138. The van der Waals surface area contributed by atoms with Crippen LogP contribution < -0.4 is 11.1 Å². The number of nitrogens with two attached hydrogens (primary N) is 1. The lowest BCUT2D eigenvalue weighted by atomic mass is 10.3. The van der Waals surface area contributed by atoms with E-state index in [-0.39, 0.29) is 11.6 Å². The highest BCUT2D eigenvalue weighted by Crippen LogP contribution is 2.08. The molecule has 0 saturated carbocycles. The SMILES string of the molecule is CC(NC(=O)c1ccc(N)o1)C(=O)O. The van der Waals surface area contributed by atoms with Gasteiger partial charge in [0.2, 0.25) is 0 Å². The van der Waals surface area contributed by atoms with Crippen LogP contribution in [0.15, 0.2) is 16.5 Å². The molecule has 1 heterocycles. The topological polar surface area (TPSA) is 106 Å². The number of hydrogen-bond donors (Lipinski definition) is 3. The molecule has 0 aromatic carbocycles. The molecule has 1 unspecified atom stereocenters. The molecule has 0 saturated heterocycles. The minimum absolute atomic E-state index is 0.00407. The van der Waals surface area contributed by atoms with Crippen molar-refractivity contribution in [2.45, 2.75) is 13.0 Å². The molecule has 0 fully saturated rings. The molecule has 76 valence electrons. The second-order valence-corrected chi connectivity index (χ2v) is 2.74. The number of furan rings is 1. The van der Waals surface area contributed by atoms with Crippen LogP contribution in [0.4, 0.5) is 5.88 Å².